The molecule has 0 aliphatic rings. The highest BCUT2D eigenvalue weighted by molar-refractivity contribution is 6.09. The highest BCUT2D eigenvalue weighted by Gasteiger charge is 2.13. The summed E-state index contributed by atoms with van der Waals surface area (Å²) in [5, 5.41) is 15.0. The van der Waals surface area contributed by atoms with E-state index in [4.69, 9.17) is 18.9 Å². The fourth-order valence-corrected chi connectivity index (χ4v) is 3.20. The van der Waals surface area contributed by atoms with Crippen molar-refractivity contribution in [3.8, 4) is 29.1 Å². The van der Waals surface area contributed by atoms with Crippen molar-refractivity contribution < 1.29 is 28.5 Å². The van der Waals surface area contributed by atoms with E-state index in [0.29, 0.717) is 46.5 Å². The van der Waals surface area contributed by atoms with Crippen LogP contribution in [0.4, 0.5) is 11.4 Å². The molecule has 0 saturated carbocycles. The zero-order valence-electron chi connectivity index (χ0n) is 20.7. The number of nitriles is 1. The van der Waals surface area contributed by atoms with E-state index in [1.807, 2.05) is 13.0 Å². The summed E-state index contributed by atoms with van der Waals surface area (Å²) in [6.45, 7) is 1.92. The Kier molecular flexibility index (Phi) is 9.51. The summed E-state index contributed by atoms with van der Waals surface area (Å²) in [4.78, 5) is 24.9. The normalized spacial score (nSPS) is 10.6. The molecule has 3 rings (SSSR count). The molecule has 2 N–H and O–H groups in total. The minimum absolute atomic E-state index is 0.0918. The fourth-order valence-electron chi connectivity index (χ4n) is 3.20. The third-order valence-electron chi connectivity index (χ3n) is 5.02. The molecule has 0 unspecified atom stereocenters. The van der Waals surface area contributed by atoms with Crippen LogP contribution in [0.25, 0.3) is 6.08 Å². The number of amides is 2. The van der Waals surface area contributed by atoms with Gasteiger partial charge in [0, 0.05) is 11.4 Å². The van der Waals surface area contributed by atoms with E-state index in [-0.39, 0.29) is 18.1 Å². The lowest BCUT2D eigenvalue weighted by molar-refractivity contribution is -0.118. The van der Waals surface area contributed by atoms with Gasteiger partial charge in [0.1, 0.15) is 23.1 Å². The van der Waals surface area contributed by atoms with Crippen LogP contribution in [0.5, 0.6) is 23.0 Å². The lowest BCUT2D eigenvalue weighted by Crippen LogP contribution is -2.20. The maximum Gasteiger partial charge on any atom is 0.266 e. The first-order valence-corrected chi connectivity index (χ1v) is 11.4. The molecule has 0 aliphatic carbocycles. The second kappa shape index (κ2) is 13.2. The Bertz CT molecular complexity index is 1290. The number of nitrogens with one attached hydrogen (secondary N) is 2. The summed E-state index contributed by atoms with van der Waals surface area (Å²) in [5.41, 5.74) is 1.60. The number of hydrogen-bond acceptors (Lipinski definition) is 7. The molecule has 0 heterocycles. The Morgan fingerprint density at radius 1 is 0.838 bits per heavy atom. The molecule has 190 valence electrons. The van der Waals surface area contributed by atoms with Gasteiger partial charge in [-0.1, -0.05) is 6.07 Å². The standard InChI is InChI=1S/C28H27N3O6/c1-4-36-26-16-19(15-20(17-29)28(33)31-22-8-12-24(35-3)13-9-22)5-14-25(26)37-18-27(32)30-21-6-10-23(34-2)11-7-21/h5-16H,4,18H2,1-3H3,(H,30,32)(H,31,33)/b20-15-. The monoisotopic (exact) mass is 501 g/mol. The van der Waals surface area contributed by atoms with Crippen LogP contribution in [-0.2, 0) is 9.59 Å². The molecule has 0 saturated heterocycles. The van der Waals surface area contributed by atoms with Crippen LogP contribution < -0.4 is 29.6 Å². The Hall–Kier alpha value is -4.97. The highest BCUT2D eigenvalue weighted by Crippen LogP contribution is 2.29. The topological polar surface area (TPSA) is 119 Å². The Balaban J connectivity index is 1.68. The number of anilines is 2. The van der Waals surface area contributed by atoms with Gasteiger partial charge in [-0.25, -0.2) is 0 Å². The first kappa shape index (κ1) is 26.6. The first-order valence-electron chi connectivity index (χ1n) is 11.4. The maximum atomic E-state index is 12.6. The molecule has 0 radical (unpaired) electrons. The number of carbonyl (C=O) groups is 2. The molecule has 0 aliphatic heterocycles. The molecular formula is C28H27N3O6. The van der Waals surface area contributed by atoms with Crippen molar-refractivity contribution in [3.63, 3.8) is 0 Å². The van der Waals surface area contributed by atoms with Crippen molar-refractivity contribution in [3.05, 3.63) is 77.9 Å². The largest absolute Gasteiger partial charge is 0.497 e. The minimum atomic E-state index is -0.554. The number of rotatable bonds is 11. The quantitative estimate of drug-likeness (QED) is 0.290. The van der Waals surface area contributed by atoms with E-state index >= 15 is 0 Å². The zero-order chi connectivity index (χ0) is 26.6. The van der Waals surface area contributed by atoms with Gasteiger partial charge in [-0.05, 0) is 79.2 Å². The van der Waals surface area contributed by atoms with Gasteiger partial charge in [0.15, 0.2) is 18.1 Å². The first-order chi connectivity index (χ1) is 17.9. The number of hydrogen-bond donors (Lipinski definition) is 2. The second-order valence-corrected chi connectivity index (χ2v) is 7.56. The minimum Gasteiger partial charge on any atom is -0.497 e. The zero-order valence-corrected chi connectivity index (χ0v) is 20.7. The van der Waals surface area contributed by atoms with Crippen molar-refractivity contribution in [2.75, 3.05) is 38.1 Å². The van der Waals surface area contributed by atoms with Gasteiger partial charge in [-0.2, -0.15) is 5.26 Å². The van der Waals surface area contributed by atoms with Gasteiger partial charge in [-0.15, -0.1) is 0 Å². The molecule has 2 amide bonds. The van der Waals surface area contributed by atoms with Crippen LogP contribution in [0.15, 0.2) is 72.3 Å². The van der Waals surface area contributed by atoms with Gasteiger partial charge < -0.3 is 29.6 Å². The molecule has 3 aromatic carbocycles. The lowest BCUT2D eigenvalue weighted by atomic mass is 10.1. The summed E-state index contributed by atoms with van der Waals surface area (Å²) in [6.07, 6.45) is 1.45. The summed E-state index contributed by atoms with van der Waals surface area (Å²) in [5.74, 6) is 1.16. The molecule has 0 aromatic heterocycles. The SMILES string of the molecule is CCOc1cc(/C=C(/C#N)C(=O)Nc2ccc(OC)cc2)ccc1OCC(=O)Nc1ccc(OC)cc1. The van der Waals surface area contributed by atoms with Crippen molar-refractivity contribution in [2.45, 2.75) is 6.92 Å². The van der Waals surface area contributed by atoms with E-state index in [9.17, 15) is 14.9 Å². The summed E-state index contributed by atoms with van der Waals surface area (Å²) in [6, 6.07) is 20.5. The predicted molar refractivity (Wildman–Crippen MR) is 140 cm³/mol. The number of carbonyl (C=O) groups excluding carboxylic acids is 2. The van der Waals surface area contributed by atoms with E-state index in [1.54, 1.807) is 80.9 Å². The molecular weight excluding hydrogens is 474 g/mol. The van der Waals surface area contributed by atoms with Crippen LogP contribution >= 0.6 is 0 Å². The van der Waals surface area contributed by atoms with Crippen LogP contribution in [-0.4, -0.2) is 39.2 Å². The average Bonchev–Trinajstić information content (AvgIpc) is 2.92. The molecule has 0 atom stereocenters. The summed E-state index contributed by atoms with van der Waals surface area (Å²) in [7, 11) is 3.12. The van der Waals surface area contributed by atoms with Gasteiger partial charge >= 0.3 is 0 Å². The molecule has 3 aromatic rings. The van der Waals surface area contributed by atoms with Gasteiger partial charge in [0.2, 0.25) is 0 Å². The van der Waals surface area contributed by atoms with E-state index in [1.165, 1.54) is 6.08 Å². The summed E-state index contributed by atoms with van der Waals surface area (Å²) < 4.78 is 21.5. The van der Waals surface area contributed by atoms with Crippen LogP contribution in [0.1, 0.15) is 12.5 Å². The fraction of sp³-hybridized carbons (Fsp3) is 0.179. The van der Waals surface area contributed by atoms with Crippen molar-refractivity contribution in [2.24, 2.45) is 0 Å². The molecule has 37 heavy (non-hydrogen) atoms. The van der Waals surface area contributed by atoms with Crippen LogP contribution in [0.2, 0.25) is 0 Å². The lowest BCUT2D eigenvalue weighted by Gasteiger charge is -2.13. The van der Waals surface area contributed by atoms with E-state index in [2.05, 4.69) is 10.6 Å². The van der Waals surface area contributed by atoms with Crippen molar-refractivity contribution >= 4 is 29.3 Å². The number of nitrogens with zero attached hydrogens (tertiary/aromatic N) is 1. The van der Waals surface area contributed by atoms with Crippen molar-refractivity contribution in [1.29, 1.82) is 5.26 Å². The highest BCUT2D eigenvalue weighted by atomic mass is 16.5. The predicted octanol–water partition coefficient (Wildman–Crippen LogP) is 4.67. The van der Waals surface area contributed by atoms with Gasteiger partial charge in [-0.3, -0.25) is 9.59 Å². The Labute approximate surface area is 215 Å². The third-order valence-corrected chi connectivity index (χ3v) is 5.02. The number of methoxy groups -OCH3 is 2. The molecule has 9 nitrogen and oxygen atoms in total. The van der Waals surface area contributed by atoms with Crippen molar-refractivity contribution in [1.82, 2.24) is 0 Å². The molecule has 0 fully saturated rings. The molecule has 0 bridgehead atoms. The summed E-state index contributed by atoms with van der Waals surface area (Å²) >= 11 is 0. The molecule has 0 spiro atoms. The van der Waals surface area contributed by atoms with Crippen LogP contribution in [0, 0.1) is 11.3 Å². The van der Waals surface area contributed by atoms with E-state index < -0.39 is 5.91 Å². The average molecular weight is 502 g/mol. The third kappa shape index (κ3) is 7.77. The van der Waals surface area contributed by atoms with Crippen LogP contribution in [0.3, 0.4) is 0 Å². The van der Waals surface area contributed by atoms with Gasteiger partial charge in [0.25, 0.3) is 11.8 Å². The maximum absolute atomic E-state index is 12.6. The Morgan fingerprint density at radius 2 is 1.43 bits per heavy atom. The second-order valence-electron chi connectivity index (χ2n) is 7.56. The smallest absolute Gasteiger partial charge is 0.266 e. The number of ether oxygens (including phenoxy) is 4. The van der Waals surface area contributed by atoms with Gasteiger partial charge in [0.05, 0.1) is 20.8 Å². The molecule has 9 heteroatoms. The van der Waals surface area contributed by atoms with E-state index in [0.717, 1.165) is 0 Å². The Morgan fingerprint density at radius 3 is 1.97 bits per heavy atom. The number of benzene rings is 3.